The summed E-state index contributed by atoms with van der Waals surface area (Å²) in [6.07, 6.45) is 1.77. The first-order chi connectivity index (χ1) is 7.28. The van der Waals surface area contributed by atoms with Crippen molar-refractivity contribution in [2.24, 2.45) is 5.92 Å². The molecule has 0 amide bonds. The van der Waals surface area contributed by atoms with E-state index in [1.54, 1.807) is 0 Å². The Kier molecular flexibility index (Phi) is 6.60. The maximum atomic E-state index is 10.8. The average molecular weight is 232 g/mol. The number of hydrogen-bond donors (Lipinski definition) is 2. The molecular formula is C12H24O4. The van der Waals surface area contributed by atoms with Crippen LogP contribution >= 0.6 is 0 Å². The number of carbonyl (C=O) groups excluding carboxylic acids is 1. The summed E-state index contributed by atoms with van der Waals surface area (Å²) in [6.45, 7) is 6.86. The number of ether oxygens (including phenoxy) is 1. The van der Waals surface area contributed by atoms with E-state index in [1.807, 2.05) is 20.8 Å². The van der Waals surface area contributed by atoms with E-state index in [1.165, 1.54) is 6.92 Å². The molecule has 0 aromatic heterocycles. The lowest BCUT2D eigenvalue weighted by atomic mass is 9.94. The highest BCUT2D eigenvalue weighted by Crippen LogP contribution is 2.21. The fraction of sp³-hybridized carbons (Fsp3) is 0.917. The Balaban J connectivity index is 3.84. The molecule has 0 fully saturated rings. The van der Waals surface area contributed by atoms with Crippen LogP contribution in [0.3, 0.4) is 0 Å². The van der Waals surface area contributed by atoms with E-state index < -0.39 is 11.7 Å². The zero-order chi connectivity index (χ0) is 12.8. The molecule has 0 saturated carbocycles. The standard InChI is InChI=1S/C12H24O4/c1-9(11(15)8-13)6-5-7-12(3,4)16-10(2)14/h9,11,13,15H,5-8H2,1-4H3/t9-,11?/m1/s1. The van der Waals surface area contributed by atoms with Crippen LogP contribution < -0.4 is 0 Å². The minimum Gasteiger partial charge on any atom is -0.460 e. The number of aliphatic hydroxyl groups is 2. The van der Waals surface area contributed by atoms with Gasteiger partial charge in [-0.25, -0.2) is 0 Å². The molecule has 96 valence electrons. The van der Waals surface area contributed by atoms with Gasteiger partial charge in [0.1, 0.15) is 5.60 Å². The predicted octanol–water partition coefficient (Wildman–Crippen LogP) is 1.49. The molecule has 0 rings (SSSR count). The highest BCUT2D eigenvalue weighted by atomic mass is 16.6. The monoisotopic (exact) mass is 232 g/mol. The number of carbonyl (C=O) groups is 1. The van der Waals surface area contributed by atoms with Crippen LogP contribution in [0.4, 0.5) is 0 Å². The fourth-order valence-corrected chi connectivity index (χ4v) is 1.66. The van der Waals surface area contributed by atoms with Crippen LogP contribution in [-0.2, 0) is 9.53 Å². The fourth-order valence-electron chi connectivity index (χ4n) is 1.66. The molecule has 0 bridgehead atoms. The second-order valence-electron chi connectivity index (χ2n) is 4.97. The summed E-state index contributed by atoms with van der Waals surface area (Å²) in [5.41, 5.74) is -0.449. The van der Waals surface area contributed by atoms with Crippen molar-refractivity contribution in [1.29, 1.82) is 0 Å². The molecule has 0 aliphatic carbocycles. The molecule has 0 aromatic carbocycles. The second kappa shape index (κ2) is 6.86. The van der Waals surface area contributed by atoms with E-state index >= 15 is 0 Å². The summed E-state index contributed by atoms with van der Waals surface area (Å²) in [5, 5.41) is 18.1. The van der Waals surface area contributed by atoms with Crippen LogP contribution in [0.25, 0.3) is 0 Å². The Labute approximate surface area is 97.6 Å². The molecule has 0 spiro atoms. The third-order valence-electron chi connectivity index (χ3n) is 2.70. The first-order valence-corrected chi connectivity index (χ1v) is 5.77. The van der Waals surface area contributed by atoms with Gasteiger partial charge < -0.3 is 14.9 Å². The Morgan fingerprint density at radius 2 is 2.00 bits per heavy atom. The summed E-state index contributed by atoms with van der Waals surface area (Å²) < 4.78 is 5.16. The van der Waals surface area contributed by atoms with Crippen molar-refractivity contribution in [2.45, 2.75) is 58.7 Å². The highest BCUT2D eigenvalue weighted by molar-refractivity contribution is 5.66. The van der Waals surface area contributed by atoms with Crippen LogP contribution in [0.1, 0.15) is 47.0 Å². The van der Waals surface area contributed by atoms with E-state index in [0.29, 0.717) is 0 Å². The summed E-state index contributed by atoms with van der Waals surface area (Å²) in [5.74, 6) is -0.202. The number of esters is 1. The van der Waals surface area contributed by atoms with E-state index in [9.17, 15) is 9.90 Å². The molecule has 16 heavy (non-hydrogen) atoms. The SMILES string of the molecule is CC(=O)OC(C)(C)CCC[C@@H](C)C(O)CO. The predicted molar refractivity (Wildman–Crippen MR) is 62.0 cm³/mol. The van der Waals surface area contributed by atoms with Crippen LogP contribution in [0, 0.1) is 5.92 Å². The molecule has 0 saturated heterocycles. The summed E-state index contributed by atoms with van der Waals surface area (Å²) in [4.78, 5) is 10.8. The summed E-state index contributed by atoms with van der Waals surface area (Å²) in [7, 11) is 0. The average Bonchev–Trinajstić information content (AvgIpc) is 2.13. The van der Waals surface area contributed by atoms with Crippen molar-refractivity contribution in [3.63, 3.8) is 0 Å². The van der Waals surface area contributed by atoms with Crippen LogP contribution in [0.5, 0.6) is 0 Å². The number of hydrogen-bond acceptors (Lipinski definition) is 4. The van der Waals surface area contributed by atoms with E-state index in [0.717, 1.165) is 19.3 Å². The van der Waals surface area contributed by atoms with Crippen LogP contribution in [0.15, 0.2) is 0 Å². The largest absolute Gasteiger partial charge is 0.460 e. The summed E-state index contributed by atoms with van der Waals surface area (Å²) >= 11 is 0. The molecule has 0 aliphatic heterocycles. The van der Waals surface area contributed by atoms with Crippen LogP contribution in [0.2, 0.25) is 0 Å². The zero-order valence-electron chi connectivity index (χ0n) is 10.7. The lowest BCUT2D eigenvalue weighted by molar-refractivity contribution is -0.154. The smallest absolute Gasteiger partial charge is 0.303 e. The van der Waals surface area contributed by atoms with Crippen molar-refractivity contribution >= 4 is 5.97 Å². The lowest BCUT2D eigenvalue weighted by Gasteiger charge is -2.25. The molecule has 0 aliphatic rings. The van der Waals surface area contributed by atoms with Crippen molar-refractivity contribution in [3.05, 3.63) is 0 Å². The molecule has 2 N–H and O–H groups in total. The van der Waals surface area contributed by atoms with Gasteiger partial charge in [-0.3, -0.25) is 4.79 Å². The molecule has 4 heteroatoms. The van der Waals surface area contributed by atoms with Gasteiger partial charge in [-0.1, -0.05) is 6.92 Å². The first kappa shape index (κ1) is 15.4. The minimum absolute atomic E-state index is 0.0677. The molecule has 0 aromatic rings. The van der Waals surface area contributed by atoms with Gasteiger partial charge in [0, 0.05) is 6.92 Å². The molecular weight excluding hydrogens is 208 g/mol. The number of aliphatic hydroxyl groups excluding tert-OH is 2. The molecule has 1 unspecified atom stereocenters. The van der Waals surface area contributed by atoms with Crippen molar-refractivity contribution < 1.29 is 19.7 Å². The van der Waals surface area contributed by atoms with Gasteiger partial charge in [-0.05, 0) is 39.0 Å². The van der Waals surface area contributed by atoms with E-state index in [2.05, 4.69) is 0 Å². The Morgan fingerprint density at radius 1 is 1.44 bits per heavy atom. The Hall–Kier alpha value is -0.610. The molecule has 4 nitrogen and oxygen atoms in total. The zero-order valence-corrected chi connectivity index (χ0v) is 10.7. The maximum absolute atomic E-state index is 10.8. The maximum Gasteiger partial charge on any atom is 0.303 e. The van der Waals surface area contributed by atoms with Gasteiger partial charge in [0.05, 0.1) is 12.7 Å². The third-order valence-corrected chi connectivity index (χ3v) is 2.70. The van der Waals surface area contributed by atoms with E-state index in [4.69, 9.17) is 9.84 Å². The van der Waals surface area contributed by atoms with Crippen LogP contribution in [-0.4, -0.2) is 34.5 Å². The topological polar surface area (TPSA) is 66.8 Å². The van der Waals surface area contributed by atoms with Crippen molar-refractivity contribution in [1.82, 2.24) is 0 Å². The van der Waals surface area contributed by atoms with Gasteiger partial charge in [-0.15, -0.1) is 0 Å². The highest BCUT2D eigenvalue weighted by Gasteiger charge is 2.21. The second-order valence-corrected chi connectivity index (χ2v) is 4.97. The van der Waals surface area contributed by atoms with Gasteiger partial charge in [-0.2, -0.15) is 0 Å². The summed E-state index contributed by atoms with van der Waals surface area (Å²) in [6, 6.07) is 0. The Morgan fingerprint density at radius 3 is 2.44 bits per heavy atom. The minimum atomic E-state index is -0.656. The van der Waals surface area contributed by atoms with Gasteiger partial charge in [0.25, 0.3) is 0 Å². The van der Waals surface area contributed by atoms with Gasteiger partial charge in [0.15, 0.2) is 0 Å². The normalized spacial score (nSPS) is 15.6. The third kappa shape index (κ3) is 6.80. The molecule has 0 radical (unpaired) electrons. The molecule has 0 heterocycles. The Bertz CT molecular complexity index is 213. The molecule has 2 atom stereocenters. The number of rotatable bonds is 7. The first-order valence-electron chi connectivity index (χ1n) is 5.77. The van der Waals surface area contributed by atoms with Gasteiger partial charge in [0.2, 0.25) is 0 Å². The van der Waals surface area contributed by atoms with Crippen molar-refractivity contribution in [2.75, 3.05) is 6.61 Å². The quantitative estimate of drug-likeness (QED) is 0.653. The van der Waals surface area contributed by atoms with Crippen molar-refractivity contribution in [3.8, 4) is 0 Å². The van der Waals surface area contributed by atoms with Gasteiger partial charge >= 0.3 is 5.97 Å². The lowest BCUT2D eigenvalue weighted by Crippen LogP contribution is -2.27. The van der Waals surface area contributed by atoms with E-state index in [-0.39, 0.29) is 18.5 Å².